The summed E-state index contributed by atoms with van der Waals surface area (Å²) >= 11 is 0. The molecule has 0 bridgehead atoms. The van der Waals surface area contributed by atoms with Crippen LogP contribution >= 0.6 is 0 Å². The van der Waals surface area contributed by atoms with E-state index in [1.165, 1.54) is 0 Å². The van der Waals surface area contributed by atoms with Gasteiger partial charge in [0.2, 0.25) is 0 Å². The van der Waals surface area contributed by atoms with Gasteiger partial charge in [0, 0.05) is 18.3 Å². The lowest BCUT2D eigenvalue weighted by Crippen LogP contribution is -2.41. The fraction of sp³-hybridized carbons (Fsp3) is 0.259. The Morgan fingerprint density at radius 1 is 1.09 bits per heavy atom. The summed E-state index contributed by atoms with van der Waals surface area (Å²) < 4.78 is 11.9. The van der Waals surface area contributed by atoms with Crippen LogP contribution < -0.4 is 19.7 Å². The van der Waals surface area contributed by atoms with Crippen molar-refractivity contribution in [2.75, 3.05) is 30.4 Å². The zero-order valence-corrected chi connectivity index (χ0v) is 19.4. The van der Waals surface area contributed by atoms with Crippen molar-refractivity contribution in [2.45, 2.75) is 25.4 Å². The lowest BCUT2D eigenvalue weighted by molar-refractivity contribution is -0.142. The van der Waals surface area contributed by atoms with E-state index in [1.54, 1.807) is 62.4 Å². The summed E-state index contributed by atoms with van der Waals surface area (Å²) in [6.07, 6.45) is -0.106. The van der Waals surface area contributed by atoms with Gasteiger partial charge in [-0.25, -0.2) is 0 Å². The number of fused-ring (bicyclic) bond motifs is 1. The molecule has 1 atom stereocenters. The standard InChI is InChI=1S/C27H28N2O5/c1-27(2,26(31)32)19-7-6-8-20(15-19)28-25(30)18-11-13-21(14-12-18)33-17-22-16-29(3)23-9-4-5-10-24(23)34-22/h4-15,22H,16-17H2,1-3H3,(H,28,30)(H,31,32)/t22-/m0/s1. The van der Waals surface area contributed by atoms with Crippen LogP contribution in [0, 0.1) is 0 Å². The van der Waals surface area contributed by atoms with Crippen LogP contribution in [0.15, 0.2) is 72.8 Å². The number of ether oxygens (including phenoxy) is 2. The van der Waals surface area contributed by atoms with Crippen molar-refractivity contribution < 1.29 is 24.2 Å². The van der Waals surface area contributed by atoms with Crippen LogP contribution in [0.1, 0.15) is 29.8 Å². The number of para-hydroxylation sites is 2. The summed E-state index contributed by atoms with van der Waals surface area (Å²) in [7, 11) is 2.03. The summed E-state index contributed by atoms with van der Waals surface area (Å²) in [6, 6.07) is 21.7. The van der Waals surface area contributed by atoms with E-state index in [0.29, 0.717) is 29.2 Å². The number of nitrogens with zero attached hydrogens (tertiary/aromatic N) is 1. The van der Waals surface area contributed by atoms with Gasteiger partial charge in [-0.05, 0) is 67.9 Å². The molecular formula is C27H28N2O5. The van der Waals surface area contributed by atoms with Crippen LogP contribution in [0.4, 0.5) is 11.4 Å². The van der Waals surface area contributed by atoms with E-state index in [1.807, 2.05) is 31.3 Å². The molecule has 1 aliphatic heterocycles. The number of rotatable bonds is 7. The number of carboxylic acids is 1. The summed E-state index contributed by atoms with van der Waals surface area (Å²) in [5.41, 5.74) is 1.62. The number of benzene rings is 3. The first kappa shape index (κ1) is 23.2. The number of anilines is 2. The van der Waals surface area contributed by atoms with Gasteiger partial charge in [-0.3, -0.25) is 9.59 Å². The van der Waals surface area contributed by atoms with E-state index >= 15 is 0 Å². The Balaban J connectivity index is 1.35. The van der Waals surface area contributed by atoms with Crippen LogP contribution in [0.3, 0.4) is 0 Å². The van der Waals surface area contributed by atoms with Crippen molar-refractivity contribution in [1.82, 2.24) is 0 Å². The second-order valence-electron chi connectivity index (χ2n) is 8.89. The highest BCUT2D eigenvalue weighted by molar-refractivity contribution is 6.04. The second-order valence-corrected chi connectivity index (χ2v) is 8.89. The molecule has 1 heterocycles. The Kier molecular flexibility index (Phi) is 6.45. The van der Waals surface area contributed by atoms with Crippen LogP contribution in [-0.4, -0.2) is 43.3 Å². The molecule has 4 rings (SSSR count). The minimum absolute atomic E-state index is 0.106. The van der Waals surface area contributed by atoms with E-state index in [4.69, 9.17) is 9.47 Å². The quantitative estimate of drug-likeness (QED) is 0.537. The van der Waals surface area contributed by atoms with Crippen molar-refractivity contribution in [3.63, 3.8) is 0 Å². The number of amides is 1. The van der Waals surface area contributed by atoms with Gasteiger partial charge >= 0.3 is 5.97 Å². The topological polar surface area (TPSA) is 88.1 Å². The third kappa shape index (κ3) is 4.98. The predicted octanol–water partition coefficient (Wildman–Crippen LogP) is 4.58. The maximum atomic E-state index is 12.7. The zero-order chi connectivity index (χ0) is 24.3. The number of aliphatic carboxylic acids is 1. The van der Waals surface area contributed by atoms with Crippen molar-refractivity contribution in [3.05, 3.63) is 83.9 Å². The van der Waals surface area contributed by atoms with E-state index in [2.05, 4.69) is 10.2 Å². The molecule has 0 fully saturated rings. The van der Waals surface area contributed by atoms with Crippen LogP contribution in [-0.2, 0) is 10.2 Å². The number of nitrogens with one attached hydrogen (secondary N) is 1. The number of likely N-dealkylation sites (N-methyl/N-ethyl adjacent to an activating group) is 1. The lowest BCUT2D eigenvalue weighted by Gasteiger charge is -2.33. The molecular weight excluding hydrogens is 432 g/mol. The van der Waals surface area contributed by atoms with Gasteiger partial charge in [0.25, 0.3) is 5.91 Å². The van der Waals surface area contributed by atoms with E-state index in [9.17, 15) is 14.7 Å². The van der Waals surface area contributed by atoms with Gasteiger partial charge < -0.3 is 24.8 Å². The minimum atomic E-state index is -1.06. The van der Waals surface area contributed by atoms with E-state index in [0.717, 1.165) is 18.0 Å². The molecule has 2 N–H and O–H groups in total. The third-order valence-corrected chi connectivity index (χ3v) is 5.98. The smallest absolute Gasteiger partial charge is 0.313 e. The van der Waals surface area contributed by atoms with Gasteiger partial charge in [-0.2, -0.15) is 0 Å². The minimum Gasteiger partial charge on any atom is -0.490 e. The van der Waals surface area contributed by atoms with Crippen molar-refractivity contribution in [2.24, 2.45) is 0 Å². The fourth-order valence-electron chi connectivity index (χ4n) is 3.78. The highest BCUT2D eigenvalue weighted by Gasteiger charge is 2.29. The highest BCUT2D eigenvalue weighted by Crippen LogP contribution is 2.32. The van der Waals surface area contributed by atoms with Crippen molar-refractivity contribution >= 4 is 23.3 Å². The zero-order valence-electron chi connectivity index (χ0n) is 19.4. The Morgan fingerprint density at radius 3 is 2.56 bits per heavy atom. The van der Waals surface area contributed by atoms with Gasteiger partial charge in [-0.15, -0.1) is 0 Å². The predicted molar refractivity (Wildman–Crippen MR) is 131 cm³/mol. The molecule has 0 saturated carbocycles. The van der Waals surface area contributed by atoms with Crippen molar-refractivity contribution in [1.29, 1.82) is 0 Å². The van der Waals surface area contributed by atoms with Crippen LogP contribution in [0.25, 0.3) is 0 Å². The average molecular weight is 461 g/mol. The van der Waals surface area contributed by atoms with Crippen LogP contribution in [0.2, 0.25) is 0 Å². The first-order valence-electron chi connectivity index (χ1n) is 11.1. The fourth-order valence-corrected chi connectivity index (χ4v) is 3.78. The molecule has 176 valence electrons. The first-order chi connectivity index (χ1) is 16.2. The Morgan fingerprint density at radius 2 is 1.82 bits per heavy atom. The summed E-state index contributed by atoms with van der Waals surface area (Å²) in [6.45, 7) is 4.36. The molecule has 0 unspecified atom stereocenters. The summed E-state index contributed by atoms with van der Waals surface area (Å²) in [5.74, 6) is 0.270. The number of hydrogen-bond acceptors (Lipinski definition) is 5. The molecule has 0 spiro atoms. The summed E-state index contributed by atoms with van der Waals surface area (Å²) in [5, 5.41) is 12.3. The average Bonchev–Trinajstić information content (AvgIpc) is 2.83. The molecule has 1 amide bonds. The normalized spacial score (nSPS) is 15.1. The maximum Gasteiger partial charge on any atom is 0.313 e. The Hall–Kier alpha value is -4.00. The third-order valence-electron chi connectivity index (χ3n) is 5.98. The van der Waals surface area contributed by atoms with Gasteiger partial charge in [0.05, 0.1) is 17.6 Å². The molecule has 3 aromatic rings. The largest absolute Gasteiger partial charge is 0.490 e. The molecule has 0 saturated heterocycles. The molecule has 3 aromatic carbocycles. The molecule has 7 heteroatoms. The monoisotopic (exact) mass is 460 g/mol. The van der Waals surface area contributed by atoms with Gasteiger partial charge in [0.15, 0.2) is 0 Å². The molecule has 1 aliphatic rings. The maximum absolute atomic E-state index is 12.7. The number of carbonyl (C=O) groups excluding carboxylic acids is 1. The van der Waals surface area contributed by atoms with E-state index in [-0.39, 0.29) is 12.0 Å². The number of carbonyl (C=O) groups is 2. The molecule has 0 aromatic heterocycles. The van der Waals surface area contributed by atoms with Gasteiger partial charge in [-0.1, -0.05) is 24.3 Å². The van der Waals surface area contributed by atoms with Crippen molar-refractivity contribution in [3.8, 4) is 11.5 Å². The second kappa shape index (κ2) is 9.47. The molecule has 0 radical (unpaired) electrons. The lowest BCUT2D eigenvalue weighted by atomic mass is 9.84. The number of carboxylic acid groups (broad SMARTS) is 1. The van der Waals surface area contributed by atoms with E-state index < -0.39 is 11.4 Å². The Bertz CT molecular complexity index is 1190. The molecule has 7 nitrogen and oxygen atoms in total. The first-order valence-corrected chi connectivity index (χ1v) is 11.1. The van der Waals surface area contributed by atoms with Crippen LogP contribution in [0.5, 0.6) is 11.5 Å². The molecule has 34 heavy (non-hydrogen) atoms. The molecule has 0 aliphatic carbocycles. The highest BCUT2D eigenvalue weighted by atomic mass is 16.5. The van der Waals surface area contributed by atoms with Gasteiger partial charge in [0.1, 0.15) is 24.2 Å². The summed E-state index contributed by atoms with van der Waals surface area (Å²) in [4.78, 5) is 26.4. The SMILES string of the molecule is CN1C[C@@H](COc2ccc(C(=O)Nc3cccc(C(C)(C)C(=O)O)c3)cc2)Oc2ccccc21. The number of hydrogen-bond donors (Lipinski definition) is 2. The Labute approximate surface area is 198 Å².